The summed E-state index contributed by atoms with van der Waals surface area (Å²) in [4.78, 5) is 5.11. The molecule has 1 aromatic rings. The maximum atomic E-state index is 3.84. The summed E-state index contributed by atoms with van der Waals surface area (Å²) in [5.41, 5.74) is 2.63. The Morgan fingerprint density at radius 3 is 2.60 bits per heavy atom. The fourth-order valence-corrected chi connectivity index (χ4v) is 2.12. The van der Waals surface area contributed by atoms with Crippen molar-refractivity contribution in [2.45, 2.75) is 20.3 Å². The van der Waals surface area contributed by atoms with Gasteiger partial charge in [-0.15, -0.1) is 11.8 Å². The highest BCUT2D eigenvalue weighted by molar-refractivity contribution is 8.03. The fourth-order valence-electron chi connectivity index (χ4n) is 1.33. The van der Waals surface area contributed by atoms with Gasteiger partial charge in [-0.1, -0.05) is 36.8 Å². The van der Waals surface area contributed by atoms with E-state index in [9.17, 15) is 0 Å². The third kappa shape index (κ3) is 4.34. The minimum absolute atomic E-state index is 0.956. The summed E-state index contributed by atoms with van der Waals surface area (Å²) < 4.78 is 0. The summed E-state index contributed by atoms with van der Waals surface area (Å²) in [5.74, 6) is 1.08. The number of rotatable bonds is 5. The lowest BCUT2D eigenvalue weighted by molar-refractivity contribution is 1.22. The lowest BCUT2D eigenvalue weighted by Crippen LogP contribution is -1.88. The summed E-state index contributed by atoms with van der Waals surface area (Å²) in [6, 6.07) is 8.63. The van der Waals surface area contributed by atoms with E-state index in [4.69, 9.17) is 0 Å². The molecule has 0 radical (unpaired) electrons. The van der Waals surface area contributed by atoms with Gasteiger partial charge in [0, 0.05) is 17.5 Å². The van der Waals surface area contributed by atoms with E-state index in [1.165, 1.54) is 16.0 Å². The van der Waals surface area contributed by atoms with Crippen molar-refractivity contribution in [3.63, 3.8) is 0 Å². The monoisotopic (exact) mass is 219 g/mol. The predicted octanol–water partition coefficient (Wildman–Crippen LogP) is 3.83. The molecule has 0 heterocycles. The number of hydrogen-bond acceptors (Lipinski definition) is 2. The molecule has 1 nitrogen and oxygen atoms in total. The largest absolute Gasteiger partial charge is 0.272 e. The van der Waals surface area contributed by atoms with Gasteiger partial charge in [0.25, 0.3) is 0 Å². The average Bonchev–Trinajstić information content (AvgIpc) is 2.22. The molecular formula is C13H17NS. The molecule has 15 heavy (non-hydrogen) atoms. The molecule has 0 aliphatic carbocycles. The zero-order valence-corrected chi connectivity index (χ0v) is 10.2. The molecular weight excluding hydrogens is 202 g/mol. The first kappa shape index (κ1) is 12.1. The Kier molecular flexibility index (Phi) is 5.19. The second kappa shape index (κ2) is 6.46. The van der Waals surface area contributed by atoms with Crippen LogP contribution in [0.15, 0.2) is 40.4 Å². The van der Waals surface area contributed by atoms with E-state index >= 15 is 0 Å². The Bertz CT molecular complexity index is 338. The molecule has 0 aliphatic rings. The summed E-state index contributed by atoms with van der Waals surface area (Å²) in [6.45, 7) is 7.75. The van der Waals surface area contributed by atoms with Gasteiger partial charge in [-0.2, -0.15) is 0 Å². The van der Waals surface area contributed by atoms with Gasteiger partial charge in [0.15, 0.2) is 0 Å². The standard InChI is InChI=1S/C13H17NS/c1-4-15-13(10-14-3)9-12-7-5-11(2)6-8-12/h5-8,10H,3-4,9H2,1-2H3/b13-10-. The van der Waals surface area contributed by atoms with Crippen LogP contribution in [-0.4, -0.2) is 12.5 Å². The van der Waals surface area contributed by atoms with Gasteiger partial charge in [0.1, 0.15) is 0 Å². The lowest BCUT2D eigenvalue weighted by atomic mass is 10.1. The first-order chi connectivity index (χ1) is 7.26. The van der Waals surface area contributed by atoms with Crippen molar-refractivity contribution in [3.05, 3.63) is 46.5 Å². The second-order valence-corrected chi connectivity index (χ2v) is 4.76. The number of aryl methyl sites for hydroxylation is 1. The smallest absolute Gasteiger partial charge is 0.0359 e. The molecule has 0 atom stereocenters. The van der Waals surface area contributed by atoms with Gasteiger partial charge in [0.05, 0.1) is 0 Å². The molecule has 0 aromatic heterocycles. The zero-order valence-electron chi connectivity index (χ0n) is 9.36. The first-order valence-electron chi connectivity index (χ1n) is 5.09. The van der Waals surface area contributed by atoms with Crippen LogP contribution in [0, 0.1) is 6.92 Å². The third-order valence-corrected chi connectivity index (χ3v) is 2.97. The van der Waals surface area contributed by atoms with Crippen molar-refractivity contribution in [1.29, 1.82) is 0 Å². The molecule has 0 N–H and O–H groups in total. The van der Waals surface area contributed by atoms with Crippen LogP contribution in [0.1, 0.15) is 18.1 Å². The quantitative estimate of drug-likeness (QED) is 0.685. The Morgan fingerprint density at radius 2 is 2.07 bits per heavy atom. The molecule has 1 rings (SSSR count). The van der Waals surface area contributed by atoms with Gasteiger partial charge in [-0.25, -0.2) is 0 Å². The van der Waals surface area contributed by atoms with E-state index in [-0.39, 0.29) is 0 Å². The number of thioether (sulfide) groups is 1. The molecule has 0 saturated heterocycles. The summed E-state index contributed by atoms with van der Waals surface area (Å²) in [6.07, 6.45) is 2.81. The Labute approximate surface area is 96.3 Å². The van der Waals surface area contributed by atoms with Crippen LogP contribution >= 0.6 is 11.8 Å². The van der Waals surface area contributed by atoms with Crippen LogP contribution in [0.3, 0.4) is 0 Å². The third-order valence-electron chi connectivity index (χ3n) is 2.06. The molecule has 2 heteroatoms. The fraction of sp³-hybridized carbons (Fsp3) is 0.308. The molecule has 0 spiro atoms. The molecule has 0 fully saturated rings. The highest BCUT2D eigenvalue weighted by Crippen LogP contribution is 2.20. The van der Waals surface area contributed by atoms with Gasteiger partial charge in [-0.3, -0.25) is 4.99 Å². The number of allylic oxidation sites excluding steroid dienone is 1. The van der Waals surface area contributed by atoms with Gasteiger partial charge < -0.3 is 0 Å². The van der Waals surface area contributed by atoms with Crippen LogP contribution in [0.25, 0.3) is 0 Å². The van der Waals surface area contributed by atoms with Crippen molar-refractivity contribution in [2.75, 3.05) is 5.75 Å². The second-order valence-electron chi connectivity index (χ2n) is 3.37. The van der Waals surface area contributed by atoms with Crippen LogP contribution in [0.2, 0.25) is 0 Å². The summed E-state index contributed by atoms with van der Waals surface area (Å²) >= 11 is 1.83. The SMILES string of the molecule is C=N/C=C(/Cc1ccc(C)cc1)SCC. The maximum Gasteiger partial charge on any atom is 0.0359 e. The summed E-state index contributed by atoms with van der Waals surface area (Å²) in [7, 11) is 0. The lowest BCUT2D eigenvalue weighted by Gasteiger charge is -2.05. The maximum absolute atomic E-state index is 3.84. The van der Waals surface area contributed by atoms with Gasteiger partial charge in [0.2, 0.25) is 0 Å². The van der Waals surface area contributed by atoms with Crippen molar-refractivity contribution in [3.8, 4) is 0 Å². The minimum Gasteiger partial charge on any atom is -0.272 e. The van der Waals surface area contributed by atoms with E-state index in [2.05, 4.69) is 49.8 Å². The van der Waals surface area contributed by atoms with Gasteiger partial charge >= 0.3 is 0 Å². The van der Waals surface area contributed by atoms with E-state index < -0.39 is 0 Å². The molecule has 0 unspecified atom stereocenters. The Morgan fingerprint density at radius 1 is 1.40 bits per heavy atom. The van der Waals surface area contributed by atoms with Crippen molar-refractivity contribution >= 4 is 18.5 Å². The van der Waals surface area contributed by atoms with E-state index in [1.54, 1.807) is 0 Å². The molecule has 0 bridgehead atoms. The number of nitrogens with zero attached hydrogens (tertiary/aromatic N) is 1. The highest BCUT2D eigenvalue weighted by Gasteiger charge is 1.99. The van der Waals surface area contributed by atoms with E-state index in [0.717, 1.165) is 12.2 Å². The molecule has 0 saturated carbocycles. The topological polar surface area (TPSA) is 12.4 Å². The predicted molar refractivity (Wildman–Crippen MR) is 70.6 cm³/mol. The molecule has 1 aromatic carbocycles. The Hall–Kier alpha value is -1.02. The summed E-state index contributed by atoms with van der Waals surface area (Å²) in [5, 5.41) is 0. The zero-order chi connectivity index (χ0) is 11.1. The molecule has 0 amide bonds. The average molecular weight is 219 g/mol. The Balaban J connectivity index is 2.69. The van der Waals surface area contributed by atoms with Crippen LogP contribution < -0.4 is 0 Å². The minimum atomic E-state index is 0.956. The van der Waals surface area contributed by atoms with Crippen LogP contribution in [-0.2, 0) is 6.42 Å². The highest BCUT2D eigenvalue weighted by atomic mass is 32.2. The van der Waals surface area contributed by atoms with Crippen molar-refractivity contribution in [2.24, 2.45) is 4.99 Å². The number of aliphatic imine (C=N–C) groups is 1. The van der Waals surface area contributed by atoms with Crippen molar-refractivity contribution in [1.82, 2.24) is 0 Å². The number of hydrogen-bond donors (Lipinski definition) is 0. The first-order valence-corrected chi connectivity index (χ1v) is 6.08. The number of benzene rings is 1. The molecule has 0 aliphatic heterocycles. The van der Waals surface area contributed by atoms with Crippen LogP contribution in [0.4, 0.5) is 0 Å². The molecule has 80 valence electrons. The van der Waals surface area contributed by atoms with Crippen LogP contribution in [0.5, 0.6) is 0 Å². The van der Waals surface area contributed by atoms with Gasteiger partial charge in [-0.05, 0) is 25.0 Å². The normalized spacial score (nSPS) is 11.5. The van der Waals surface area contributed by atoms with Crippen molar-refractivity contribution < 1.29 is 0 Å². The van der Waals surface area contributed by atoms with E-state index in [1.807, 2.05) is 18.0 Å². The van der Waals surface area contributed by atoms with E-state index in [0.29, 0.717) is 0 Å².